The summed E-state index contributed by atoms with van der Waals surface area (Å²) in [6.45, 7) is 12.7. The molecular formula is C41H57N5O9S. The minimum atomic E-state index is -1.52. The molecule has 1 saturated heterocycles. The molecule has 1 fully saturated rings. The summed E-state index contributed by atoms with van der Waals surface area (Å²) in [5.41, 5.74) is 10.5. The van der Waals surface area contributed by atoms with Gasteiger partial charge in [0.05, 0.1) is 43.4 Å². The SMILES string of the molecule is CCOC(=O)CC(c1ccc(C)c(CN2CCOc3cc(OCCOC4CCN(C(=O)OC(C)(C)C)CC4)ccc3S2=O)c1)c1cc(N)c(N(C)N)c(OC)c1. The van der Waals surface area contributed by atoms with Crippen LogP contribution in [0.3, 0.4) is 0 Å². The second-order valence-corrected chi connectivity index (χ2v) is 16.4. The molecule has 2 unspecified atom stereocenters. The Hall–Kier alpha value is -4.57. The van der Waals surface area contributed by atoms with Crippen molar-refractivity contribution in [1.29, 1.82) is 0 Å². The van der Waals surface area contributed by atoms with Crippen molar-refractivity contribution in [2.45, 2.75) is 82.9 Å². The zero-order valence-electron chi connectivity index (χ0n) is 33.6. The molecule has 306 valence electrons. The van der Waals surface area contributed by atoms with Crippen LogP contribution in [0.25, 0.3) is 0 Å². The van der Waals surface area contributed by atoms with E-state index in [1.807, 2.05) is 56.3 Å². The van der Waals surface area contributed by atoms with Crippen molar-refractivity contribution in [2.24, 2.45) is 5.84 Å². The average molecular weight is 796 g/mol. The number of ether oxygens (including phenoxy) is 6. The third-order valence-electron chi connectivity index (χ3n) is 9.64. The predicted octanol–water partition coefficient (Wildman–Crippen LogP) is 5.69. The van der Waals surface area contributed by atoms with Crippen LogP contribution in [0.2, 0.25) is 0 Å². The van der Waals surface area contributed by atoms with Gasteiger partial charge < -0.3 is 44.1 Å². The van der Waals surface area contributed by atoms with Crippen LogP contribution >= 0.6 is 0 Å². The second kappa shape index (κ2) is 19.0. The number of esters is 1. The lowest BCUT2D eigenvalue weighted by molar-refractivity contribution is -0.143. The first-order chi connectivity index (χ1) is 26.7. The van der Waals surface area contributed by atoms with E-state index >= 15 is 0 Å². The van der Waals surface area contributed by atoms with Gasteiger partial charge in [0.1, 0.15) is 52.7 Å². The lowest BCUT2D eigenvalue weighted by atomic mass is 9.86. The maximum atomic E-state index is 14.0. The Morgan fingerprint density at radius 3 is 2.46 bits per heavy atom. The fraction of sp³-hybridized carbons (Fsp3) is 0.512. The number of anilines is 2. The zero-order chi connectivity index (χ0) is 40.6. The lowest BCUT2D eigenvalue weighted by Crippen LogP contribution is -2.43. The number of hydrogen-bond acceptors (Lipinski definition) is 12. The number of piperidine rings is 1. The summed E-state index contributed by atoms with van der Waals surface area (Å²) in [4.78, 5) is 27.5. The average Bonchev–Trinajstić information content (AvgIpc) is 3.29. The van der Waals surface area contributed by atoms with Gasteiger partial charge in [-0.3, -0.25) is 4.79 Å². The molecule has 0 bridgehead atoms. The molecule has 4 N–H and O–H groups in total. The summed E-state index contributed by atoms with van der Waals surface area (Å²) >= 11 is 0. The molecule has 0 aromatic heterocycles. The number of benzene rings is 3. The van der Waals surface area contributed by atoms with E-state index in [9.17, 15) is 13.8 Å². The molecule has 0 spiro atoms. The van der Waals surface area contributed by atoms with E-state index in [0.29, 0.717) is 79.5 Å². The van der Waals surface area contributed by atoms with Crippen molar-refractivity contribution in [1.82, 2.24) is 9.21 Å². The van der Waals surface area contributed by atoms with Crippen LogP contribution in [0.5, 0.6) is 17.2 Å². The number of rotatable bonds is 14. The second-order valence-electron chi connectivity index (χ2n) is 15.0. The lowest BCUT2D eigenvalue weighted by Gasteiger charge is -2.33. The van der Waals surface area contributed by atoms with E-state index < -0.39 is 22.5 Å². The molecule has 3 aromatic carbocycles. The van der Waals surface area contributed by atoms with E-state index in [1.165, 1.54) is 5.01 Å². The fourth-order valence-corrected chi connectivity index (χ4v) is 8.08. The molecule has 2 aliphatic heterocycles. The first-order valence-electron chi connectivity index (χ1n) is 19.0. The highest BCUT2D eigenvalue weighted by molar-refractivity contribution is 7.82. The van der Waals surface area contributed by atoms with Crippen molar-refractivity contribution >= 4 is 34.4 Å². The number of methoxy groups -OCH3 is 1. The number of carbonyl (C=O) groups is 2. The Kier molecular flexibility index (Phi) is 14.5. The Morgan fingerprint density at radius 2 is 1.79 bits per heavy atom. The molecule has 2 heterocycles. The van der Waals surface area contributed by atoms with Crippen molar-refractivity contribution in [3.63, 3.8) is 0 Å². The third-order valence-corrected chi connectivity index (χ3v) is 11.1. The van der Waals surface area contributed by atoms with Gasteiger partial charge in [0.2, 0.25) is 0 Å². The first-order valence-corrected chi connectivity index (χ1v) is 20.1. The molecule has 2 atom stereocenters. The van der Waals surface area contributed by atoms with E-state index in [2.05, 4.69) is 6.07 Å². The van der Waals surface area contributed by atoms with Gasteiger partial charge in [-0.15, -0.1) is 0 Å². The fourth-order valence-electron chi connectivity index (χ4n) is 6.83. The monoisotopic (exact) mass is 795 g/mol. The Labute approximate surface area is 332 Å². The number of amides is 1. The number of likely N-dealkylation sites (tertiary alicyclic amines) is 1. The van der Waals surface area contributed by atoms with E-state index in [1.54, 1.807) is 44.2 Å². The van der Waals surface area contributed by atoms with Crippen molar-refractivity contribution in [2.75, 3.05) is 71.0 Å². The highest BCUT2D eigenvalue weighted by Crippen LogP contribution is 2.40. The Morgan fingerprint density at radius 1 is 1.04 bits per heavy atom. The molecule has 0 aliphatic carbocycles. The van der Waals surface area contributed by atoms with Crippen LogP contribution in [0.1, 0.15) is 75.1 Å². The number of hydrogen-bond donors (Lipinski definition) is 2. The summed E-state index contributed by atoms with van der Waals surface area (Å²) in [5, 5.41) is 1.40. The predicted molar refractivity (Wildman–Crippen MR) is 215 cm³/mol. The van der Waals surface area contributed by atoms with Gasteiger partial charge in [0.15, 0.2) is 0 Å². The van der Waals surface area contributed by atoms with Gasteiger partial charge in [0.25, 0.3) is 0 Å². The molecular weight excluding hydrogens is 739 g/mol. The number of aryl methyl sites for hydroxylation is 1. The van der Waals surface area contributed by atoms with Crippen LogP contribution in [0, 0.1) is 6.92 Å². The van der Waals surface area contributed by atoms with Crippen LogP contribution < -0.4 is 30.8 Å². The normalized spacial score (nSPS) is 16.9. The molecule has 0 saturated carbocycles. The maximum absolute atomic E-state index is 14.0. The summed E-state index contributed by atoms with van der Waals surface area (Å²) in [5.74, 6) is 6.89. The van der Waals surface area contributed by atoms with Gasteiger partial charge >= 0.3 is 12.1 Å². The van der Waals surface area contributed by atoms with Crippen LogP contribution in [-0.4, -0.2) is 97.4 Å². The number of hydrazine groups is 1. The van der Waals surface area contributed by atoms with Gasteiger partial charge in [-0.25, -0.2) is 19.2 Å². The summed E-state index contributed by atoms with van der Waals surface area (Å²) < 4.78 is 50.5. The minimum absolute atomic E-state index is 0.0429. The third kappa shape index (κ3) is 11.1. The summed E-state index contributed by atoms with van der Waals surface area (Å²) in [6, 6.07) is 15.1. The summed E-state index contributed by atoms with van der Waals surface area (Å²) in [6.07, 6.45) is 1.30. The van der Waals surface area contributed by atoms with Crippen molar-refractivity contribution < 1.29 is 42.2 Å². The van der Waals surface area contributed by atoms with E-state index in [4.69, 9.17) is 40.0 Å². The standard InChI is InChI=1S/C41H57N5O9S/c1-8-51-38(47)25-33(29-22-34(42)39(44(6)43)36(23-29)50-7)28-10-9-27(2)30(21-28)26-46-17-18-54-35-24-32(11-12-37(35)56(46)49)53-20-19-52-31-13-15-45(16-14-31)40(48)55-41(3,4)5/h9-12,21-24,31,33H,8,13-20,25-26,42-43H2,1-7H3. The highest BCUT2D eigenvalue weighted by Gasteiger charge is 2.29. The summed E-state index contributed by atoms with van der Waals surface area (Å²) in [7, 11) is 1.70. The van der Waals surface area contributed by atoms with Gasteiger partial charge in [-0.1, -0.05) is 18.2 Å². The number of nitrogens with zero attached hydrogens (tertiary/aromatic N) is 3. The molecule has 15 heteroatoms. The largest absolute Gasteiger partial charge is 0.494 e. The quantitative estimate of drug-likeness (QED) is 0.0674. The number of nitrogen functional groups attached to an aromatic ring is 1. The molecule has 3 aromatic rings. The van der Waals surface area contributed by atoms with Crippen LogP contribution in [-0.2, 0) is 36.5 Å². The van der Waals surface area contributed by atoms with Crippen molar-refractivity contribution in [3.05, 3.63) is 70.8 Å². The van der Waals surface area contributed by atoms with Gasteiger partial charge in [0, 0.05) is 45.2 Å². The van der Waals surface area contributed by atoms with Crippen molar-refractivity contribution in [3.8, 4) is 17.2 Å². The van der Waals surface area contributed by atoms with Crippen LogP contribution in [0.4, 0.5) is 16.2 Å². The van der Waals surface area contributed by atoms with Gasteiger partial charge in [-0.05, 0) is 94.0 Å². The highest BCUT2D eigenvalue weighted by atomic mass is 32.2. The van der Waals surface area contributed by atoms with Gasteiger partial charge in [-0.2, -0.15) is 0 Å². The number of nitrogens with two attached hydrogens (primary N) is 2. The molecule has 5 rings (SSSR count). The zero-order valence-corrected chi connectivity index (χ0v) is 34.4. The first kappa shape index (κ1) is 42.6. The molecule has 1 amide bonds. The maximum Gasteiger partial charge on any atom is 0.410 e. The molecule has 14 nitrogen and oxygen atoms in total. The Bertz CT molecular complexity index is 1860. The topological polar surface area (TPSA) is 168 Å². The molecule has 56 heavy (non-hydrogen) atoms. The smallest absolute Gasteiger partial charge is 0.410 e. The molecule has 2 aliphatic rings. The van der Waals surface area contributed by atoms with E-state index in [-0.39, 0.29) is 31.2 Å². The number of fused-ring (bicyclic) bond motifs is 1. The molecule has 0 radical (unpaired) electrons. The number of carbonyl (C=O) groups excluding carboxylic acids is 2. The van der Waals surface area contributed by atoms with E-state index in [0.717, 1.165) is 35.1 Å². The Balaban J connectivity index is 1.23. The minimum Gasteiger partial charge on any atom is -0.494 e. The van der Waals surface area contributed by atoms with Crippen LogP contribution in [0.15, 0.2) is 53.4 Å².